The number of nitrogens with zero attached hydrogens (tertiary/aromatic N) is 3. The van der Waals surface area contributed by atoms with Crippen molar-refractivity contribution in [1.29, 1.82) is 0 Å². The topological polar surface area (TPSA) is 79.8 Å². The van der Waals surface area contributed by atoms with Gasteiger partial charge in [-0.3, -0.25) is 24.3 Å². The van der Waals surface area contributed by atoms with Crippen molar-refractivity contribution < 1.29 is 19.1 Å². The summed E-state index contributed by atoms with van der Waals surface area (Å²) < 4.78 is 5.77. The molecule has 3 amide bonds. The molecule has 34 heavy (non-hydrogen) atoms. The van der Waals surface area contributed by atoms with Gasteiger partial charge in [-0.1, -0.05) is 36.4 Å². The molecule has 2 aliphatic heterocycles. The van der Waals surface area contributed by atoms with Crippen molar-refractivity contribution in [2.75, 3.05) is 13.2 Å². The number of rotatable bonds is 7. The molecular weight excluding hydrogens is 430 g/mol. The Hall–Kier alpha value is -3.84. The van der Waals surface area contributed by atoms with Gasteiger partial charge >= 0.3 is 0 Å². The highest BCUT2D eigenvalue weighted by molar-refractivity contribution is 6.22. The van der Waals surface area contributed by atoms with Crippen LogP contribution in [0.3, 0.4) is 0 Å². The van der Waals surface area contributed by atoms with Crippen molar-refractivity contribution in [3.8, 4) is 0 Å². The molecule has 3 aromatic rings. The Morgan fingerprint density at radius 1 is 1.00 bits per heavy atom. The Morgan fingerprint density at radius 3 is 2.53 bits per heavy atom. The number of imide groups is 1. The quantitative estimate of drug-likeness (QED) is 0.508. The van der Waals surface area contributed by atoms with Crippen LogP contribution in [0.1, 0.15) is 55.0 Å². The molecule has 1 unspecified atom stereocenters. The number of carbonyl (C=O) groups excluding carboxylic acids is 3. The van der Waals surface area contributed by atoms with Crippen LogP contribution >= 0.6 is 0 Å². The predicted molar refractivity (Wildman–Crippen MR) is 125 cm³/mol. The molecule has 7 nitrogen and oxygen atoms in total. The molecule has 0 spiro atoms. The van der Waals surface area contributed by atoms with Crippen LogP contribution in [0.25, 0.3) is 0 Å². The third-order valence-corrected chi connectivity index (χ3v) is 6.23. The van der Waals surface area contributed by atoms with Crippen LogP contribution in [0.2, 0.25) is 0 Å². The minimum atomic E-state index is -0.378. The zero-order valence-corrected chi connectivity index (χ0v) is 18.7. The summed E-state index contributed by atoms with van der Waals surface area (Å²) in [6, 6.07) is 17.9. The van der Waals surface area contributed by atoms with Crippen molar-refractivity contribution in [3.05, 3.63) is 101 Å². The second-order valence-corrected chi connectivity index (χ2v) is 8.62. The van der Waals surface area contributed by atoms with E-state index in [0.717, 1.165) is 24.0 Å². The van der Waals surface area contributed by atoms with Gasteiger partial charge in [0.1, 0.15) is 0 Å². The van der Waals surface area contributed by atoms with Crippen molar-refractivity contribution in [2.24, 2.45) is 0 Å². The van der Waals surface area contributed by atoms with E-state index in [2.05, 4.69) is 4.98 Å². The lowest BCUT2D eigenvalue weighted by Crippen LogP contribution is -2.37. The second-order valence-electron chi connectivity index (χ2n) is 8.62. The zero-order chi connectivity index (χ0) is 23.5. The van der Waals surface area contributed by atoms with Crippen molar-refractivity contribution in [3.63, 3.8) is 0 Å². The summed E-state index contributed by atoms with van der Waals surface area (Å²) in [5.41, 5.74) is 2.76. The van der Waals surface area contributed by atoms with E-state index in [4.69, 9.17) is 4.74 Å². The fourth-order valence-electron chi connectivity index (χ4n) is 4.48. The molecule has 2 aromatic carbocycles. The third-order valence-electron chi connectivity index (χ3n) is 6.23. The lowest BCUT2D eigenvalue weighted by Gasteiger charge is -2.25. The van der Waals surface area contributed by atoms with E-state index in [1.54, 1.807) is 35.5 Å². The van der Waals surface area contributed by atoms with E-state index in [1.807, 2.05) is 42.5 Å². The Bertz CT molecular complexity index is 1210. The minimum absolute atomic E-state index is 0.0142. The van der Waals surface area contributed by atoms with E-state index in [9.17, 15) is 14.4 Å². The maximum atomic E-state index is 13.5. The number of carbonyl (C=O) groups is 3. The molecule has 0 aliphatic carbocycles. The van der Waals surface area contributed by atoms with E-state index >= 15 is 0 Å². The molecule has 1 atom stereocenters. The second kappa shape index (κ2) is 9.57. The summed E-state index contributed by atoms with van der Waals surface area (Å²) in [5, 5.41) is 0. The third kappa shape index (κ3) is 4.47. The summed E-state index contributed by atoms with van der Waals surface area (Å²) in [4.78, 5) is 46.6. The molecule has 1 saturated heterocycles. The Kier molecular flexibility index (Phi) is 6.18. The first-order valence-electron chi connectivity index (χ1n) is 11.4. The van der Waals surface area contributed by atoms with Crippen LogP contribution in [-0.2, 0) is 17.8 Å². The minimum Gasteiger partial charge on any atom is -0.376 e. The van der Waals surface area contributed by atoms with Gasteiger partial charge in [0.2, 0.25) is 0 Å². The fourth-order valence-corrected chi connectivity index (χ4v) is 4.48. The number of ether oxygens (including phenoxy) is 1. The van der Waals surface area contributed by atoms with E-state index in [0.29, 0.717) is 30.8 Å². The monoisotopic (exact) mass is 455 g/mol. The first-order chi connectivity index (χ1) is 16.6. The van der Waals surface area contributed by atoms with Gasteiger partial charge in [0.15, 0.2) is 0 Å². The highest BCUT2D eigenvalue weighted by atomic mass is 16.5. The largest absolute Gasteiger partial charge is 0.376 e. The van der Waals surface area contributed by atoms with Crippen LogP contribution in [0.4, 0.5) is 0 Å². The van der Waals surface area contributed by atoms with Crippen LogP contribution in [0, 0.1) is 0 Å². The highest BCUT2D eigenvalue weighted by Crippen LogP contribution is 2.27. The lowest BCUT2D eigenvalue weighted by molar-refractivity contribution is 0.0507. The van der Waals surface area contributed by atoms with Crippen molar-refractivity contribution in [2.45, 2.75) is 32.0 Å². The molecule has 3 heterocycles. The Morgan fingerprint density at radius 2 is 1.79 bits per heavy atom. The van der Waals surface area contributed by atoms with Crippen LogP contribution in [0.15, 0.2) is 73.1 Å². The molecule has 0 N–H and O–H groups in total. The molecule has 172 valence electrons. The van der Waals surface area contributed by atoms with Gasteiger partial charge in [-0.25, -0.2) is 0 Å². The molecule has 0 saturated carbocycles. The zero-order valence-electron chi connectivity index (χ0n) is 18.7. The molecule has 1 fully saturated rings. The molecule has 1 aromatic heterocycles. The number of hydrogen-bond acceptors (Lipinski definition) is 5. The van der Waals surface area contributed by atoms with Crippen LogP contribution in [-0.4, -0.2) is 51.8 Å². The normalized spacial score (nSPS) is 17.2. The highest BCUT2D eigenvalue weighted by Gasteiger charge is 2.36. The van der Waals surface area contributed by atoms with Gasteiger partial charge in [-0.2, -0.15) is 0 Å². The SMILES string of the molecule is O=C(c1ccc2c(c1)C(=O)N(Cc1ccccc1)C2=O)N(Cc1cccnc1)CC1CCCO1. The number of aromatic nitrogens is 1. The average molecular weight is 456 g/mol. The molecular formula is C27H25N3O4. The molecule has 2 aliphatic rings. The Balaban J connectivity index is 1.39. The lowest BCUT2D eigenvalue weighted by atomic mass is 10.0. The predicted octanol–water partition coefficient (Wildman–Crippen LogP) is 3.70. The van der Waals surface area contributed by atoms with Gasteiger partial charge in [-0.05, 0) is 48.2 Å². The summed E-state index contributed by atoms with van der Waals surface area (Å²) in [6.07, 6.45) is 5.30. The standard InChI is InChI=1S/C27H25N3O4/c31-25(29(18-22-9-5-13-34-22)16-20-8-4-12-28-15-20)21-10-11-23-24(14-21)27(33)30(26(23)32)17-19-6-2-1-3-7-19/h1-4,6-8,10-12,14-15,22H,5,9,13,16-18H2. The summed E-state index contributed by atoms with van der Waals surface area (Å²) in [7, 11) is 0. The van der Waals surface area contributed by atoms with Crippen molar-refractivity contribution >= 4 is 17.7 Å². The summed E-state index contributed by atoms with van der Waals surface area (Å²) >= 11 is 0. The molecule has 5 rings (SSSR count). The number of benzene rings is 2. The van der Waals surface area contributed by atoms with Gasteiger partial charge in [0, 0.05) is 37.7 Å². The maximum absolute atomic E-state index is 13.5. The van der Waals surface area contributed by atoms with E-state index in [-0.39, 0.29) is 35.9 Å². The number of amides is 3. The van der Waals surface area contributed by atoms with E-state index in [1.165, 1.54) is 4.90 Å². The molecule has 0 bridgehead atoms. The van der Waals surface area contributed by atoms with Gasteiger partial charge in [-0.15, -0.1) is 0 Å². The average Bonchev–Trinajstić information content (AvgIpc) is 3.47. The van der Waals surface area contributed by atoms with Crippen molar-refractivity contribution in [1.82, 2.24) is 14.8 Å². The Labute approximate surface area is 198 Å². The maximum Gasteiger partial charge on any atom is 0.261 e. The molecule has 0 radical (unpaired) electrons. The molecule has 7 heteroatoms. The van der Waals surface area contributed by atoms with E-state index < -0.39 is 0 Å². The fraction of sp³-hybridized carbons (Fsp3) is 0.259. The summed E-state index contributed by atoms with van der Waals surface area (Å²) in [6.45, 7) is 1.74. The number of hydrogen-bond donors (Lipinski definition) is 0. The summed E-state index contributed by atoms with van der Waals surface area (Å²) in [5.74, 6) is -0.922. The number of pyridine rings is 1. The van der Waals surface area contributed by atoms with Gasteiger partial charge in [0.25, 0.3) is 17.7 Å². The first kappa shape index (κ1) is 22.0. The first-order valence-corrected chi connectivity index (χ1v) is 11.4. The van der Waals surface area contributed by atoms with Crippen LogP contribution in [0.5, 0.6) is 0 Å². The smallest absolute Gasteiger partial charge is 0.261 e. The van der Waals surface area contributed by atoms with Crippen LogP contribution < -0.4 is 0 Å². The van der Waals surface area contributed by atoms with Gasteiger partial charge < -0.3 is 9.64 Å². The van der Waals surface area contributed by atoms with Gasteiger partial charge in [0.05, 0.1) is 23.8 Å². The number of fused-ring (bicyclic) bond motifs is 1.